The lowest BCUT2D eigenvalue weighted by Gasteiger charge is -2.32. The van der Waals surface area contributed by atoms with E-state index in [2.05, 4.69) is 42.0 Å². The normalized spacial score (nSPS) is 12.7. The van der Waals surface area contributed by atoms with Gasteiger partial charge in [-0.2, -0.15) is 39.5 Å². The SMILES string of the molecule is CCCCCCCCCCCC(=O)OCC(CNC(=O)CCCCCCNC(=O)C(CCCCNC(=O)C(F)(F)F)NC(=O)C(CCCCNC(=O)C(F)(F)F)NC(=O)C(C)CCCCNC(=O)C(F)(F)F)(COC(=O)CCCCCCCCCCC)COC(=O)CCCCCCCCCCC. The highest BCUT2D eigenvalue weighted by Gasteiger charge is 2.41. The molecule has 0 spiro atoms. The van der Waals surface area contributed by atoms with Gasteiger partial charge in [0.1, 0.15) is 31.9 Å². The molecule has 0 bridgehead atoms. The Morgan fingerprint density at radius 3 is 0.922 bits per heavy atom. The van der Waals surface area contributed by atoms with Gasteiger partial charge in [-0.1, -0.05) is 201 Å². The van der Waals surface area contributed by atoms with Crippen LogP contribution in [0.5, 0.6) is 0 Å². The highest BCUT2D eigenvalue weighted by Crippen LogP contribution is 2.24. The Morgan fingerprint density at radius 2 is 0.578 bits per heavy atom. The quantitative estimate of drug-likeness (QED) is 0.0129. The molecule has 3 atom stereocenters. The highest BCUT2D eigenvalue weighted by atomic mass is 19.4. The lowest BCUT2D eigenvalue weighted by molar-refractivity contribution is -0.173. The van der Waals surface area contributed by atoms with Crippen LogP contribution in [0.1, 0.15) is 310 Å². The van der Waals surface area contributed by atoms with Gasteiger partial charge in [-0.05, 0) is 83.5 Å². The maximum absolute atomic E-state index is 14.0. The molecule has 3 unspecified atom stereocenters. The molecule has 0 saturated carbocycles. The summed E-state index contributed by atoms with van der Waals surface area (Å²) in [5, 5.41) is 15.8. The predicted molar refractivity (Wildman–Crippen MR) is 372 cm³/mol. The van der Waals surface area contributed by atoms with E-state index in [-0.39, 0.29) is 129 Å². The first-order valence-electron chi connectivity index (χ1n) is 38.2. The average Bonchev–Trinajstić information content (AvgIpc) is 0.841. The van der Waals surface area contributed by atoms with Crippen LogP contribution in [-0.2, 0) is 62.2 Å². The number of alkyl halides is 9. The molecular formula is C73H126F9N7O13. The molecular weight excluding hydrogens is 1350 g/mol. The molecule has 594 valence electrons. The van der Waals surface area contributed by atoms with E-state index in [0.717, 1.165) is 77.0 Å². The molecule has 0 aliphatic carbocycles. The van der Waals surface area contributed by atoms with Crippen molar-refractivity contribution in [3.05, 3.63) is 0 Å². The van der Waals surface area contributed by atoms with Gasteiger partial charge in [0.25, 0.3) is 0 Å². The van der Waals surface area contributed by atoms with Crippen LogP contribution >= 0.6 is 0 Å². The van der Waals surface area contributed by atoms with Crippen LogP contribution in [0.3, 0.4) is 0 Å². The van der Waals surface area contributed by atoms with E-state index in [4.69, 9.17) is 14.2 Å². The van der Waals surface area contributed by atoms with E-state index in [9.17, 15) is 87.5 Å². The van der Waals surface area contributed by atoms with E-state index >= 15 is 0 Å². The van der Waals surface area contributed by atoms with Crippen LogP contribution in [-0.4, -0.2) is 142 Å². The van der Waals surface area contributed by atoms with Gasteiger partial charge in [0.15, 0.2) is 0 Å². The number of esters is 3. The molecule has 0 rings (SSSR count). The van der Waals surface area contributed by atoms with Gasteiger partial charge in [0.2, 0.25) is 23.6 Å². The van der Waals surface area contributed by atoms with Crippen molar-refractivity contribution >= 4 is 59.3 Å². The van der Waals surface area contributed by atoms with Crippen molar-refractivity contribution in [3.63, 3.8) is 0 Å². The summed E-state index contributed by atoms with van der Waals surface area (Å²) in [6.45, 7) is 5.65. The molecule has 0 heterocycles. The van der Waals surface area contributed by atoms with Gasteiger partial charge in [-0.25, -0.2) is 0 Å². The number of carbonyl (C=O) groups excluding carboxylic acids is 10. The first-order valence-corrected chi connectivity index (χ1v) is 38.2. The fourth-order valence-electron chi connectivity index (χ4n) is 11.1. The summed E-state index contributed by atoms with van der Waals surface area (Å²) >= 11 is 0. The number of amides is 7. The molecule has 7 N–H and O–H groups in total. The molecule has 0 radical (unpaired) electrons. The van der Waals surface area contributed by atoms with Crippen molar-refractivity contribution in [2.45, 2.75) is 341 Å². The van der Waals surface area contributed by atoms with E-state index in [1.54, 1.807) is 16.0 Å². The Balaban J connectivity index is 6.29. The highest BCUT2D eigenvalue weighted by molar-refractivity contribution is 5.92. The number of nitrogens with one attached hydrogen (secondary N) is 7. The number of ether oxygens (including phenoxy) is 3. The summed E-state index contributed by atoms with van der Waals surface area (Å²) in [6.07, 6.45) is 14.6. The van der Waals surface area contributed by atoms with Crippen LogP contribution in [0.25, 0.3) is 0 Å². The van der Waals surface area contributed by atoms with Crippen molar-refractivity contribution in [2.75, 3.05) is 52.5 Å². The summed E-state index contributed by atoms with van der Waals surface area (Å²) in [6, 6.07) is -2.82. The van der Waals surface area contributed by atoms with Crippen LogP contribution in [0.15, 0.2) is 0 Å². The molecule has 29 heteroatoms. The molecule has 0 aliphatic heterocycles. The maximum Gasteiger partial charge on any atom is 0.471 e. The van der Waals surface area contributed by atoms with Gasteiger partial charge in [0, 0.05) is 64.3 Å². The van der Waals surface area contributed by atoms with E-state index in [0.29, 0.717) is 44.9 Å². The first-order chi connectivity index (χ1) is 48.5. The topological polar surface area (TPSA) is 283 Å². The fourth-order valence-corrected chi connectivity index (χ4v) is 11.1. The van der Waals surface area contributed by atoms with Crippen molar-refractivity contribution in [2.24, 2.45) is 11.3 Å². The third-order valence-electron chi connectivity index (χ3n) is 17.6. The Hall–Kier alpha value is -5.93. The number of hydrogen-bond donors (Lipinski definition) is 7. The summed E-state index contributed by atoms with van der Waals surface area (Å²) in [4.78, 5) is 129. The zero-order chi connectivity index (χ0) is 76.3. The number of rotatable bonds is 65. The van der Waals surface area contributed by atoms with E-state index < -0.39 is 108 Å². The molecule has 0 aromatic heterocycles. The Morgan fingerprint density at radius 1 is 0.304 bits per heavy atom. The minimum Gasteiger partial charge on any atom is -0.465 e. The first kappa shape index (κ1) is 96.1. The Labute approximate surface area is 600 Å². The second-order valence-corrected chi connectivity index (χ2v) is 27.2. The molecule has 0 aromatic carbocycles. The second-order valence-electron chi connectivity index (χ2n) is 27.2. The second kappa shape index (κ2) is 59.3. The zero-order valence-electron chi connectivity index (χ0n) is 61.7. The van der Waals surface area contributed by atoms with Gasteiger partial charge in [-0.3, -0.25) is 47.9 Å². The average molecular weight is 1480 g/mol. The smallest absolute Gasteiger partial charge is 0.465 e. The molecule has 0 saturated heterocycles. The van der Waals surface area contributed by atoms with E-state index in [1.165, 1.54) is 84.0 Å². The molecule has 0 aliphatic rings. The van der Waals surface area contributed by atoms with E-state index in [1.807, 2.05) is 0 Å². The zero-order valence-corrected chi connectivity index (χ0v) is 61.7. The minimum absolute atomic E-state index is 0.0181. The summed E-state index contributed by atoms with van der Waals surface area (Å²) in [5.74, 6) is -11.6. The van der Waals surface area contributed by atoms with Gasteiger partial charge >= 0.3 is 54.2 Å². The Bertz CT molecular complexity index is 2220. The number of hydrogen-bond acceptors (Lipinski definition) is 13. The van der Waals surface area contributed by atoms with Crippen LogP contribution in [0.2, 0.25) is 0 Å². The third kappa shape index (κ3) is 53.8. The standard InChI is InChI=1S/C73H126F9N7O13/c1-5-8-11-14-17-20-23-26-32-46-61(91)100-54-70(55-101-62(92)47-33-27-24-21-18-15-12-9-6-2,56-102-63(93)48-34-28-25-22-19-16-13-10-7-3)53-87-60(90)45-31-29-30-38-49-83-65(95)58(43-36-40-51-85-68(98)72(77,78)79)89-66(96)59(44-37-41-52-86-69(99)73(80,81)82)88-64(94)57(4)42-35-39-50-84-67(97)71(74,75)76/h57-59H,5-56H2,1-4H3,(H,83,95)(H,84,97)(H,85,98)(H,86,99)(H,87,90)(H,88,94)(H,89,96). The largest absolute Gasteiger partial charge is 0.471 e. The molecule has 102 heavy (non-hydrogen) atoms. The third-order valence-corrected chi connectivity index (χ3v) is 17.6. The van der Waals surface area contributed by atoms with Gasteiger partial charge in [-0.15, -0.1) is 0 Å². The summed E-state index contributed by atoms with van der Waals surface area (Å²) < 4.78 is 133. The van der Waals surface area contributed by atoms with Gasteiger partial charge < -0.3 is 51.4 Å². The lowest BCUT2D eigenvalue weighted by Crippen LogP contribution is -2.54. The predicted octanol–water partition coefficient (Wildman–Crippen LogP) is 14.7. The number of carbonyl (C=O) groups is 10. The van der Waals surface area contributed by atoms with Gasteiger partial charge in [0.05, 0.1) is 5.41 Å². The van der Waals surface area contributed by atoms with Crippen molar-refractivity contribution in [1.82, 2.24) is 37.2 Å². The van der Waals surface area contributed by atoms with Crippen molar-refractivity contribution in [3.8, 4) is 0 Å². The van der Waals surface area contributed by atoms with Crippen LogP contribution < -0.4 is 37.2 Å². The molecule has 0 fully saturated rings. The Kier molecular flexibility index (Phi) is 55.9. The summed E-state index contributed by atoms with van der Waals surface area (Å²) in [7, 11) is 0. The fraction of sp³-hybridized carbons (Fsp3) is 0.863. The van der Waals surface area contributed by atoms with Crippen LogP contribution in [0.4, 0.5) is 39.5 Å². The lowest BCUT2D eigenvalue weighted by atomic mass is 9.90. The summed E-state index contributed by atoms with van der Waals surface area (Å²) in [5.41, 5.74) is -1.33. The van der Waals surface area contributed by atoms with Crippen molar-refractivity contribution < 1.29 is 102 Å². The maximum atomic E-state index is 14.0. The number of halogens is 9. The van der Waals surface area contributed by atoms with Crippen LogP contribution in [0, 0.1) is 11.3 Å². The minimum atomic E-state index is -5.17. The van der Waals surface area contributed by atoms with Crippen molar-refractivity contribution in [1.29, 1.82) is 0 Å². The molecule has 7 amide bonds. The monoisotopic (exact) mass is 1480 g/mol. The molecule has 0 aromatic rings. The molecule has 20 nitrogen and oxygen atoms in total. The number of unbranched alkanes of at least 4 members (excludes halogenated alkanes) is 30.